The summed E-state index contributed by atoms with van der Waals surface area (Å²) in [5.74, 6) is 0.337. The summed E-state index contributed by atoms with van der Waals surface area (Å²) in [6.07, 6.45) is 0. The third kappa shape index (κ3) is 3.40. The molecule has 2 aromatic rings. The van der Waals surface area contributed by atoms with Crippen molar-refractivity contribution in [3.63, 3.8) is 0 Å². The molecule has 3 heteroatoms. The first kappa shape index (κ1) is 13.2. The monoisotopic (exact) mass is 263 g/mol. The smallest absolute Gasteiger partial charge is 0.123 e. The average Bonchev–Trinajstić information content (AvgIpc) is 2.82. The van der Waals surface area contributed by atoms with Crippen LogP contribution in [0.1, 0.15) is 30.3 Å². The lowest BCUT2D eigenvalue weighted by Gasteiger charge is -2.21. The fourth-order valence-electron chi connectivity index (χ4n) is 2.01. The van der Waals surface area contributed by atoms with Crippen molar-refractivity contribution in [2.24, 2.45) is 5.92 Å². The molecule has 1 aromatic heterocycles. The van der Waals surface area contributed by atoms with E-state index in [4.69, 9.17) is 0 Å². The van der Waals surface area contributed by atoms with Crippen molar-refractivity contribution in [1.82, 2.24) is 5.32 Å². The van der Waals surface area contributed by atoms with Gasteiger partial charge >= 0.3 is 0 Å². The lowest BCUT2D eigenvalue weighted by Crippen LogP contribution is -2.24. The Balaban J connectivity index is 2.03. The minimum Gasteiger partial charge on any atom is -0.305 e. The molecule has 0 fully saturated rings. The molecule has 0 saturated heterocycles. The molecule has 1 unspecified atom stereocenters. The number of thiophene rings is 1. The highest BCUT2D eigenvalue weighted by atomic mass is 32.1. The summed E-state index contributed by atoms with van der Waals surface area (Å²) in [5.41, 5.74) is 0.984. The second-order valence-electron chi connectivity index (χ2n) is 4.75. The Kier molecular flexibility index (Phi) is 4.50. The van der Waals surface area contributed by atoms with Gasteiger partial charge in [0.2, 0.25) is 0 Å². The molecule has 1 N–H and O–H groups in total. The van der Waals surface area contributed by atoms with Crippen molar-refractivity contribution in [3.05, 3.63) is 58.0 Å². The number of nitrogens with one attached hydrogen (secondary N) is 1. The molecule has 0 aliphatic rings. The fourth-order valence-corrected chi connectivity index (χ4v) is 2.98. The van der Waals surface area contributed by atoms with E-state index in [-0.39, 0.29) is 5.82 Å². The Morgan fingerprint density at radius 1 is 1.22 bits per heavy atom. The van der Waals surface area contributed by atoms with Crippen LogP contribution in [-0.2, 0) is 6.54 Å². The highest BCUT2D eigenvalue weighted by Crippen LogP contribution is 2.26. The molecule has 18 heavy (non-hydrogen) atoms. The maximum Gasteiger partial charge on any atom is 0.123 e. The number of benzene rings is 1. The molecule has 0 saturated carbocycles. The normalized spacial score (nSPS) is 12.9. The summed E-state index contributed by atoms with van der Waals surface area (Å²) >= 11 is 1.76. The molecule has 1 atom stereocenters. The first-order valence-corrected chi connectivity index (χ1v) is 7.06. The van der Waals surface area contributed by atoms with Crippen LogP contribution in [-0.4, -0.2) is 0 Å². The van der Waals surface area contributed by atoms with Crippen LogP contribution in [0.5, 0.6) is 0 Å². The molecule has 96 valence electrons. The molecule has 2 rings (SSSR count). The predicted molar refractivity (Wildman–Crippen MR) is 75.1 cm³/mol. The molecule has 1 aromatic carbocycles. The van der Waals surface area contributed by atoms with Crippen molar-refractivity contribution >= 4 is 11.3 Å². The Morgan fingerprint density at radius 3 is 2.67 bits per heavy atom. The Morgan fingerprint density at radius 2 is 2.06 bits per heavy atom. The van der Waals surface area contributed by atoms with Crippen LogP contribution in [0.15, 0.2) is 41.8 Å². The minimum absolute atomic E-state index is 0.175. The third-order valence-electron chi connectivity index (χ3n) is 2.93. The first-order chi connectivity index (χ1) is 8.66. The lowest BCUT2D eigenvalue weighted by molar-refractivity contribution is 0.416. The molecule has 0 aliphatic carbocycles. The highest BCUT2D eigenvalue weighted by Gasteiger charge is 2.15. The van der Waals surface area contributed by atoms with Crippen molar-refractivity contribution in [2.45, 2.75) is 26.4 Å². The average molecular weight is 263 g/mol. The third-order valence-corrected chi connectivity index (χ3v) is 3.89. The van der Waals surface area contributed by atoms with Crippen LogP contribution in [0.2, 0.25) is 0 Å². The maximum absolute atomic E-state index is 13.1. The second kappa shape index (κ2) is 6.12. The Hall–Kier alpha value is -1.19. The molecule has 0 aliphatic heterocycles. The Bertz CT molecular complexity index is 479. The van der Waals surface area contributed by atoms with Crippen LogP contribution < -0.4 is 5.32 Å². The summed E-state index contributed by atoms with van der Waals surface area (Å²) in [4.78, 5) is 1.33. The van der Waals surface area contributed by atoms with Gasteiger partial charge in [0.15, 0.2) is 0 Å². The zero-order chi connectivity index (χ0) is 13.0. The zero-order valence-electron chi connectivity index (χ0n) is 10.7. The molecule has 1 heterocycles. The van der Waals surface area contributed by atoms with E-state index in [0.717, 1.165) is 5.56 Å². The zero-order valence-corrected chi connectivity index (χ0v) is 11.5. The molecule has 1 nitrogen and oxygen atoms in total. The van der Waals surface area contributed by atoms with Gasteiger partial charge in [-0.3, -0.25) is 0 Å². The van der Waals surface area contributed by atoms with Gasteiger partial charge in [-0.2, -0.15) is 0 Å². The predicted octanol–water partition coefficient (Wildman–Crippen LogP) is 4.37. The number of rotatable bonds is 5. The van der Waals surface area contributed by atoms with Crippen LogP contribution in [0.4, 0.5) is 4.39 Å². The van der Waals surface area contributed by atoms with E-state index >= 15 is 0 Å². The molecular formula is C15H18FNS. The van der Waals surface area contributed by atoms with E-state index < -0.39 is 0 Å². The standard InChI is InChI=1S/C15H18FNS/c1-11(2)15(14-7-4-8-18-14)17-10-12-5-3-6-13(16)9-12/h3-9,11,15,17H,10H2,1-2H3. The maximum atomic E-state index is 13.1. The summed E-state index contributed by atoms with van der Waals surface area (Å²) in [6.45, 7) is 5.09. The molecular weight excluding hydrogens is 245 g/mol. The van der Waals surface area contributed by atoms with Crippen LogP contribution in [0, 0.1) is 11.7 Å². The van der Waals surface area contributed by atoms with Gasteiger partial charge in [-0.25, -0.2) is 4.39 Å². The summed E-state index contributed by atoms with van der Waals surface area (Å²) in [5, 5.41) is 5.60. The number of hydrogen-bond acceptors (Lipinski definition) is 2. The topological polar surface area (TPSA) is 12.0 Å². The van der Waals surface area contributed by atoms with Crippen molar-refractivity contribution in [2.75, 3.05) is 0 Å². The van der Waals surface area contributed by atoms with E-state index in [1.54, 1.807) is 23.5 Å². The SMILES string of the molecule is CC(C)C(NCc1cccc(F)c1)c1cccs1. The van der Waals surface area contributed by atoms with E-state index in [1.165, 1.54) is 10.9 Å². The van der Waals surface area contributed by atoms with Gasteiger partial charge in [0.1, 0.15) is 5.82 Å². The summed E-state index contributed by atoms with van der Waals surface area (Å²) in [7, 11) is 0. The van der Waals surface area contributed by atoms with E-state index in [2.05, 4.69) is 36.7 Å². The number of hydrogen-bond donors (Lipinski definition) is 1. The lowest BCUT2D eigenvalue weighted by atomic mass is 10.0. The van der Waals surface area contributed by atoms with Gasteiger partial charge in [-0.1, -0.05) is 32.0 Å². The van der Waals surface area contributed by atoms with E-state index in [0.29, 0.717) is 18.5 Å². The van der Waals surface area contributed by atoms with Crippen molar-refractivity contribution in [1.29, 1.82) is 0 Å². The van der Waals surface area contributed by atoms with Crippen molar-refractivity contribution < 1.29 is 4.39 Å². The summed E-state index contributed by atoms with van der Waals surface area (Å²) in [6, 6.07) is 11.3. The van der Waals surface area contributed by atoms with Gasteiger partial charge in [0.05, 0.1) is 0 Å². The van der Waals surface area contributed by atoms with Gasteiger partial charge in [0.25, 0.3) is 0 Å². The largest absolute Gasteiger partial charge is 0.305 e. The van der Waals surface area contributed by atoms with E-state index in [9.17, 15) is 4.39 Å². The van der Waals surface area contributed by atoms with Crippen LogP contribution in [0.25, 0.3) is 0 Å². The second-order valence-corrected chi connectivity index (χ2v) is 5.73. The van der Waals surface area contributed by atoms with Crippen LogP contribution in [0.3, 0.4) is 0 Å². The molecule has 0 bridgehead atoms. The van der Waals surface area contributed by atoms with Gasteiger partial charge in [0, 0.05) is 17.5 Å². The van der Waals surface area contributed by atoms with E-state index in [1.807, 2.05) is 6.07 Å². The van der Waals surface area contributed by atoms with Gasteiger partial charge < -0.3 is 5.32 Å². The molecule has 0 spiro atoms. The van der Waals surface area contributed by atoms with Crippen molar-refractivity contribution in [3.8, 4) is 0 Å². The first-order valence-electron chi connectivity index (χ1n) is 6.18. The van der Waals surface area contributed by atoms with Crippen LogP contribution >= 0.6 is 11.3 Å². The number of halogens is 1. The Labute approximate surface area is 112 Å². The molecule has 0 radical (unpaired) electrons. The minimum atomic E-state index is -0.175. The van der Waals surface area contributed by atoms with Gasteiger partial charge in [-0.15, -0.1) is 11.3 Å². The molecule has 0 amide bonds. The fraction of sp³-hybridized carbons (Fsp3) is 0.333. The quantitative estimate of drug-likeness (QED) is 0.844. The summed E-state index contributed by atoms with van der Waals surface area (Å²) < 4.78 is 13.1. The highest BCUT2D eigenvalue weighted by molar-refractivity contribution is 7.10. The van der Waals surface area contributed by atoms with Gasteiger partial charge in [-0.05, 0) is 35.1 Å².